The molecule has 1 aromatic rings. The lowest BCUT2D eigenvalue weighted by atomic mass is 10.2. The first-order valence-electron chi connectivity index (χ1n) is 3.10. The molecule has 0 atom stereocenters. The standard InChI is InChI=1S/C7H2ClF2IN2/c8-5-3(7(9)10)2-13-4(1-12)6(5)11/h2,7H. The van der Waals surface area contributed by atoms with E-state index in [1.165, 1.54) is 0 Å². The van der Waals surface area contributed by atoms with Crippen molar-refractivity contribution in [3.63, 3.8) is 0 Å². The summed E-state index contributed by atoms with van der Waals surface area (Å²) < 4.78 is 24.7. The maximum Gasteiger partial charge on any atom is 0.266 e. The Morgan fingerprint density at radius 2 is 2.23 bits per heavy atom. The van der Waals surface area contributed by atoms with E-state index in [0.717, 1.165) is 6.20 Å². The number of pyridine rings is 1. The molecule has 0 aliphatic rings. The molecule has 1 aromatic heterocycles. The summed E-state index contributed by atoms with van der Waals surface area (Å²) in [5, 5.41) is 8.41. The smallest absolute Gasteiger partial charge is 0.244 e. The van der Waals surface area contributed by atoms with Crippen molar-refractivity contribution < 1.29 is 8.78 Å². The van der Waals surface area contributed by atoms with Gasteiger partial charge in [-0.3, -0.25) is 0 Å². The van der Waals surface area contributed by atoms with E-state index in [9.17, 15) is 8.78 Å². The minimum atomic E-state index is -2.67. The zero-order chi connectivity index (χ0) is 10.0. The predicted molar refractivity (Wildman–Crippen MR) is 51.6 cm³/mol. The Bertz CT molecular complexity index is 375. The molecule has 0 saturated heterocycles. The molecule has 0 amide bonds. The Balaban J connectivity index is 3.33. The molecule has 0 unspecified atom stereocenters. The maximum absolute atomic E-state index is 12.2. The van der Waals surface area contributed by atoms with Crippen LogP contribution in [0.2, 0.25) is 5.02 Å². The van der Waals surface area contributed by atoms with Gasteiger partial charge in [0, 0.05) is 6.20 Å². The van der Waals surface area contributed by atoms with E-state index in [0.29, 0.717) is 0 Å². The Hall–Kier alpha value is -0.480. The lowest BCUT2D eigenvalue weighted by Crippen LogP contribution is -1.95. The van der Waals surface area contributed by atoms with Gasteiger partial charge in [-0.25, -0.2) is 13.8 Å². The van der Waals surface area contributed by atoms with Crippen LogP contribution in [0.4, 0.5) is 8.78 Å². The van der Waals surface area contributed by atoms with Crippen molar-refractivity contribution in [1.82, 2.24) is 4.98 Å². The van der Waals surface area contributed by atoms with Gasteiger partial charge in [-0.1, -0.05) is 11.6 Å². The van der Waals surface area contributed by atoms with Gasteiger partial charge in [0.1, 0.15) is 6.07 Å². The van der Waals surface area contributed by atoms with Crippen LogP contribution in [0.5, 0.6) is 0 Å². The SMILES string of the molecule is N#Cc1ncc(C(F)F)c(Cl)c1I. The molecular formula is C7H2ClF2IN2. The van der Waals surface area contributed by atoms with E-state index < -0.39 is 6.43 Å². The van der Waals surface area contributed by atoms with Crippen molar-refractivity contribution >= 4 is 34.2 Å². The highest BCUT2D eigenvalue weighted by Gasteiger charge is 2.17. The summed E-state index contributed by atoms with van der Waals surface area (Å²) in [6.07, 6.45) is -1.74. The molecule has 1 rings (SSSR count). The van der Waals surface area contributed by atoms with Crippen LogP contribution in [0.15, 0.2) is 6.20 Å². The molecule has 0 fully saturated rings. The first-order chi connectivity index (χ1) is 6.07. The van der Waals surface area contributed by atoms with Crippen molar-refractivity contribution in [1.29, 1.82) is 5.26 Å². The molecule has 68 valence electrons. The van der Waals surface area contributed by atoms with Crippen molar-refractivity contribution in [2.45, 2.75) is 6.43 Å². The van der Waals surface area contributed by atoms with Gasteiger partial charge < -0.3 is 0 Å². The Labute approximate surface area is 91.7 Å². The highest BCUT2D eigenvalue weighted by atomic mass is 127. The Morgan fingerprint density at radius 1 is 1.62 bits per heavy atom. The van der Waals surface area contributed by atoms with Gasteiger partial charge in [-0.05, 0) is 22.6 Å². The van der Waals surface area contributed by atoms with E-state index in [1.54, 1.807) is 28.7 Å². The molecular weight excluding hydrogens is 312 g/mol. The summed E-state index contributed by atoms with van der Waals surface area (Å²) in [5.41, 5.74) is -0.278. The average Bonchev–Trinajstić information content (AvgIpc) is 2.09. The fourth-order valence-corrected chi connectivity index (χ4v) is 1.50. The topological polar surface area (TPSA) is 36.7 Å². The second-order valence-corrected chi connectivity index (χ2v) is 3.56. The second-order valence-electron chi connectivity index (χ2n) is 2.10. The predicted octanol–water partition coefficient (Wildman–Crippen LogP) is 3.15. The molecule has 0 spiro atoms. The van der Waals surface area contributed by atoms with E-state index in [1.807, 2.05) is 0 Å². The fraction of sp³-hybridized carbons (Fsp3) is 0.143. The van der Waals surface area contributed by atoms with Crippen LogP contribution in [0, 0.1) is 14.9 Å². The van der Waals surface area contributed by atoms with Gasteiger partial charge in [-0.2, -0.15) is 5.26 Å². The molecule has 6 heteroatoms. The molecule has 0 N–H and O–H groups in total. The van der Waals surface area contributed by atoms with Crippen LogP contribution < -0.4 is 0 Å². The zero-order valence-electron chi connectivity index (χ0n) is 6.06. The van der Waals surface area contributed by atoms with Gasteiger partial charge in [0.15, 0.2) is 5.69 Å². The molecule has 13 heavy (non-hydrogen) atoms. The normalized spacial score (nSPS) is 10.2. The number of halogens is 4. The molecule has 2 nitrogen and oxygen atoms in total. The first kappa shape index (κ1) is 10.6. The summed E-state index contributed by atoms with van der Waals surface area (Å²) in [6.45, 7) is 0. The number of rotatable bonds is 1. The van der Waals surface area contributed by atoms with E-state index in [4.69, 9.17) is 16.9 Å². The van der Waals surface area contributed by atoms with E-state index >= 15 is 0 Å². The van der Waals surface area contributed by atoms with E-state index in [2.05, 4.69) is 4.98 Å². The highest BCUT2D eigenvalue weighted by Crippen LogP contribution is 2.30. The molecule has 0 aromatic carbocycles. The van der Waals surface area contributed by atoms with Gasteiger partial charge in [0.25, 0.3) is 6.43 Å². The summed E-state index contributed by atoms with van der Waals surface area (Å²) >= 11 is 7.31. The number of nitriles is 1. The van der Waals surface area contributed by atoms with Crippen LogP contribution in [-0.4, -0.2) is 4.98 Å². The zero-order valence-corrected chi connectivity index (χ0v) is 8.97. The van der Waals surface area contributed by atoms with Crippen molar-refractivity contribution in [2.24, 2.45) is 0 Å². The minimum Gasteiger partial charge on any atom is -0.244 e. The van der Waals surface area contributed by atoms with Crippen LogP contribution in [-0.2, 0) is 0 Å². The number of hydrogen-bond acceptors (Lipinski definition) is 2. The third-order valence-corrected chi connectivity index (χ3v) is 3.10. The summed E-state index contributed by atoms with van der Waals surface area (Å²) in [4.78, 5) is 3.55. The largest absolute Gasteiger partial charge is 0.266 e. The summed E-state index contributed by atoms with van der Waals surface area (Å²) in [7, 11) is 0. The number of hydrogen-bond donors (Lipinski definition) is 0. The lowest BCUT2D eigenvalue weighted by Gasteiger charge is -2.04. The summed E-state index contributed by atoms with van der Waals surface area (Å²) in [5.74, 6) is 0. The number of aromatic nitrogens is 1. The highest BCUT2D eigenvalue weighted by molar-refractivity contribution is 14.1. The van der Waals surface area contributed by atoms with Crippen LogP contribution in [0.3, 0.4) is 0 Å². The number of nitrogens with zero attached hydrogens (tertiary/aromatic N) is 2. The number of alkyl halides is 2. The quantitative estimate of drug-likeness (QED) is 0.747. The van der Waals surface area contributed by atoms with E-state index in [-0.39, 0.29) is 19.9 Å². The van der Waals surface area contributed by atoms with Crippen LogP contribution in [0.1, 0.15) is 17.7 Å². The Morgan fingerprint density at radius 3 is 2.69 bits per heavy atom. The van der Waals surface area contributed by atoms with Gasteiger partial charge in [-0.15, -0.1) is 0 Å². The van der Waals surface area contributed by atoms with Crippen molar-refractivity contribution in [3.8, 4) is 6.07 Å². The molecule has 1 heterocycles. The molecule has 0 aliphatic carbocycles. The van der Waals surface area contributed by atoms with Crippen LogP contribution in [0.25, 0.3) is 0 Å². The molecule has 0 bridgehead atoms. The van der Waals surface area contributed by atoms with Crippen LogP contribution >= 0.6 is 34.2 Å². The fourth-order valence-electron chi connectivity index (χ4n) is 0.708. The van der Waals surface area contributed by atoms with Gasteiger partial charge >= 0.3 is 0 Å². The first-order valence-corrected chi connectivity index (χ1v) is 4.55. The lowest BCUT2D eigenvalue weighted by molar-refractivity contribution is 0.151. The maximum atomic E-state index is 12.2. The third kappa shape index (κ3) is 2.06. The minimum absolute atomic E-state index is 0.0648. The molecule has 0 saturated carbocycles. The molecule has 0 radical (unpaired) electrons. The van der Waals surface area contributed by atoms with Gasteiger partial charge in [0.05, 0.1) is 14.2 Å². The Kier molecular flexibility index (Phi) is 3.39. The monoisotopic (exact) mass is 314 g/mol. The average molecular weight is 314 g/mol. The van der Waals surface area contributed by atoms with Crippen molar-refractivity contribution in [3.05, 3.63) is 26.0 Å². The van der Waals surface area contributed by atoms with Crippen molar-refractivity contribution in [2.75, 3.05) is 0 Å². The third-order valence-electron chi connectivity index (χ3n) is 1.33. The molecule has 0 aliphatic heterocycles. The second kappa shape index (κ2) is 4.15. The summed E-state index contributed by atoms with van der Waals surface area (Å²) in [6, 6.07) is 1.75. The van der Waals surface area contributed by atoms with Gasteiger partial charge in [0.2, 0.25) is 0 Å².